The first-order valence-electron chi connectivity index (χ1n) is 7.29. The van der Waals surface area contributed by atoms with Crippen LogP contribution in [0.1, 0.15) is 26.3 Å². The maximum Gasteiger partial charge on any atom is 0.408 e. The number of carbonyl (C=O) groups is 3. The van der Waals surface area contributed by atoms with Gasteiger partial charge in [0.2, 0.25) is 5.91 Å². The van der Waals surface area contributed by atoms with E-state index in [0.29, 0.717) is 0 Å². The number of carboxylic acids is 1. The van der Waals surface area contributed by atoms with Gasteiger partial charge in [0.25, 0.3) is 0 Å². The van der Waals surface area contributed by atoms with Crippen LogP contribution in [0.3, 0.4) is 0 Å². The van der Waals surface area contributed by atoms with Gasteiger partial charge in [0.15, 0.2) is 0 Å². The van der Waals surface area contributed by atoms with Gasteiger partial charge < -0.3 is 25.3 Å². The molecule has 0 aliphatic rings. The summed E-state index contributed by atoms with van der Waals surface area (Å²) in [4.78, 5) is 34.5. The van der Waals surface area contributed by atoms with Crippen LogP contribution in [0.2, 0.25) is 0 Å². The van der Waals surface area contributed by atoms with Crippen molar-refractivity contribution in [1.82, 2.24) is 10.6 Å². The number of hydrogen-bond acceptors (Lipinski definition) is 5. The molecule has 1 aromatic carbocycles. The van der Waals surface area contributed by atoms with E-state index >= 15 is 0 Å². The molecule has 2 N–H and O–H groups in total. The predicted octanol–water partition coefficient (Wildman–Crippen LogP) is 0.192. The molecule has 0 unspecified atom stereocenters. The predicted molar refractivity (Wildman–Crippen MR) is 81.0 cm³/mol. The highest BCUT2D eigenvalue weighted by atomic mass is 16.5. The van der Waals surface area contributed by atoms with Crippen molar-refractivity contribution in [2.45, 2.75) is 39.5 Å². The number of aliphatic carboxylic acids is 1. The number of carboxylic acid groups (broad SMARTS) is 1. The lowest BCUT2D eigenvalue weighted by Gasteiger charge is -2.25. The topological polar surface area (TPSA) is 108 Å². The van der Waals surface area contributed by atoms with Gasteiger partial charge in [-0.25, -0.2) is 4.79 Å². The van der Waals surface area contributed by atoms with Crippen LogP contribution in [0.15, 0.2) is 30.3 Å². The van der Waals surface area contributed by atoms with Crippen molar-refractivity contribution < 1.29 is 24.2 Å². The third-order valence-corrected chi connectivity index (χ3v) is 3.16. The smallest absolute Gasteiger partial charge is 0.408 e. The summed E-state index contributed by atoms with van der Waals surface area (Å²) in [6.07, 6.45) is -0.758. The molecule has 7 heteroatoms. The first-order chi connectivity index (χ1) is 10.8. The lowest BCUT2D eigenvalue weighted by atomic mass is 10.0. The highest BCUT2D eigenvalue weighted by Crippen LogP contribution is 2.02. The summed E-state index contributed by atoms with van der Waals surface area (Å²) < 4.78 is 4.99. The van der Waals surface area contributed by atoms with Crippen LogP contribution in [0, 0.1) is 5.92 Å². The lowest BCUT2D eigenvalue weighted by molar-refractivity contribution is -0.309. The van der Waals surface area contributed by atoms with Crippen molar-refractivity contribution in [3.05, 3.63) is 35.9 Å². The molecule has 0 bridgehead atoms. The van der Waals surface area contributed by atoms with Gasteiger partial charge in [-0.1, -0.05) is 44.2 Å². The fourth-order valence-electron chi connectivity index (χ4n) is 1.78. The van der Waals surface area contributed by atoms with Crippen LogP contribution in [0.4, 0.5) is 4.79 Å². The van der Waals surface area contributed by atoms with E-state index in [1.54, 1.807) is 26.0 Å². The second-order valence-corrected chi connectivity index (χ2v) is 5.48. The second kappa shape index (κ2) is 8.77. The Bertz CT molecular complexity index is 545. The summed E-state index contributed by atoms with van der Waals surface area (Å²) >= 11 is 0. The summed E-state index contributed by atoms with van der Waals surface area (Å²) in [5.74, 6) is -2.32. The van der Waals surface area contributed by atoms with Crippen molar-refractivity contribution in [3.8, 4) is 0 Å². The number of hydrogen-bond donors (Lipinski definition) is 2. The van der Waals surface area contributed by atoms with E-state index in [4.69, 9.17) is 4.74 Å². The number of benzene rings is 1. The minimum absolute atomic E-state index is 0.0781. The van der Waals surface area contributed by atoms with Gasteiger partial charge in [-0.15, -0.1) is 0 Å². The Labute approximate surface area is 135 Å². The Hall–Kier alpha value is -2.57. The Balaban J connectivity index is 2.44. The molecule has 0 saturated heterocycles. The normalized spacial score (nSPS) is 13.0. The minimum atomic E-state index is -1.37. The number of nitrogens with one attached hydrogen (secondary N) is 2. The highest BCUT2D eigenvalue weighted by molar-refractivity contribution is 5.88. The zero-order valence-electron chi connectivity index (χ0n) is 13.4. The van der Waals surface area contributed by atoms with Crippen molar-refractivity contribution in [1.29, 1.82) is 0 Å². The molecule has 7 nitrogen and oxygen atoms in total. The molecule has 2 atom stereocenters. The highest BCUT2D eigenvalue weighted by Gasteiger charge is 2.22. The van der Waals surface area contributed by atoms with Crippen LogP contribution in [0.5, 0.6) is 0 Å². The van der Waals surface area contributed by atoms with Gasteiger partial charge in [0.05, 0.1) is 12.0 Å². The van der Waals surface area contributed by atoms with Crippen LogP contribution in [-0.2, 0) is 20.9 Å². The molecule has 126 valence electrons. The third-order valence-electron chi connectivity index (χ3n) is 3.16. The molecule has 23 heavy (non-hydrogen) atoms. The van der Waals surface area contributed by atoms with Crippen LogP contribution < -0.4 is 15.7 Å². The summed E-state index contributed by atoms with van der Waals surface area (Å²) in [5, 5.41) is 15.6. The van der Waals surface area contributed by atoms with E-state index in [0.717, 1.165) is 5.56 Å². The molecule has 0 aliphatic heterocycles. The van der Waals surface area contributed by atoms with Crippen molar-refractivity contribution in [2.24, 2.45) is 5.92 Å². The Morgan fingerprint density at radius 2 is 1.70 bits per heavy atom. The van der Waals surface area contributed by atoms with Gasteiger partial charge in [0, 0.05) is 0 Å². The van der Waals surface area contributed by atoms with E-state index in [1.165, 1.54) is 6.92 Å². The zero-order chi connectivity index (χ0) is 17.4. The van der Waals surface area contributed by atoms with Gasteiger partial charge in [-0.2, -0.15) is 0 Å². The molecule has 0 fully saturated rings. The summed E-state index contributed by atoms with van der Waals surface area (Å²) in [6, 6.07) is 7.04. The van der Waals surface area contributed by atoms with E-state index in [2.05, 4.69) is 10.6 Å². The standard InChI is InChI=1S/C16H22N2O5/c1-10(2)13(15(20)21)18-14(19)11(3)17-16(22)23-9-12-7-5-4-6-8-12/h4-8,10-11,13H,9H2,1-3H3,(H,17,22)(H,18,19)(H,20,21)/p-1/t11-,13-/m0/s1. The van der Waals surface area contributed by atoms with Crippen molar-refractivity contribution in [2.75, 3.05) is 0 Å². The van der Waals surface area contributed by atoms with Gasteiger partial charge >= 0.3 is 6.09 Å². The largest absolute Gasteiger partial charge is 0.548 e. The molecule has 0 aromatic heterocycles. The quantitative estimate of drug-likeness (QED) is 0.745. The minimum Gasteiger partial charge on any atom is -0.548 e. The number of carbonyl (C=O) groups excluding carboxylic acids is 3. The average Bonchev–Trinajstić information content (AvgIpc) is 2.50. The number of ether oxygens (including phenoxy) is 1. The SMILES string of the molecule is CC(C)[C@H](NC(=O)[C@H](C)NC(=O)OCc1ccccc1)C(=O)[O-]. The zero-order valence-corrected chi connectivity index (χ0v) is 13.4. The third kappa shape index (κ3) is 6.37. The maximum absolute atomic E-state index is 11.9. The second-order valence-electron chi connectivity index (χ2n) is 5.48. The fourth-order valence-corrected chi connectivity index (χ4v) is 1.78. The number of amides is 2. The Morgan fingerprint density at radius 3 is 2.22 bits per heavy atom. The summed E-state index contributed by atoms with van der Waals surface area (Å²) in [5.41, 5.74) is 0.816. The molecule has 2 amide bonds. The monoisotopic (exact) mass is 321 g/mol. The van der Waals surface area contributed by atoms with E-state index in [-0.39, 0.29) is 12.5 Å². The van der Waals surface area contributed by atoms with E-state index < -0.39 is 30.1 Å². The molecule has 1 rings (SSSR count). The van der Waals surface area contributed by atoms with Crippen molar-refractivity contribution in [3.63, 3.8) is 0 Å². The van der Waals surface area contributed by atoms with Crippen LogP contribution in [-0.4, -0.2) is 30.1 Å². The molecular formula is C16H21N2O5-. The van der Waals surface area contributed by atoms with Gasteiger partial charge in [0.1, 0.15) is 12.6 Å². The fraction of sp³-hybridized carbons (Fsp3) is 0.438. The number of rotatable bonds is 7. The summed E-state index contributed by atoms with van der Waals surface area (Å²) in [6.45, 7) is 4.81. The van der Waals surface area contributed by atoms with E-state index in [9.17, 15) is 19.5 Å². The molecule has 0 radical (unpaired) electrons. The molecule has 0 heterocycles. The van der Waals surface area contributed by atoms with Gasteiger partial charge in [-0.3, -0.25) is 4.79 Å². The Kier molecular flexibility index (Phi) is 7.05. The average molecular weight is 321 g/mol. The van der Waals surface area contributed by atoms with Crippen molar-refractivity contribution >= 4 is 18.0 Å². The molecule has 1 aromatic rings. The maximum atomic E-state index is 11.9. The Morgan fingerprint density at radius 1 is 1.09 bits per heavy atom. The lowest BCUT2D eigenvalue weighted by Crippen LogP contribution is -2.55. The molecule has 0 saturated carbocycles. The van der Waals surface area contributed by atoms with Gasteiger partial charge in [-0.05, 0) is 18.4 Å². The molecular weight excluding hydrogens is 300 g/mol. The van der Waals surface area contributed by atoms with E-state index in [1.807, 2.05) is 18.2 Å². The van der Waals surface area contributed by atoms with Crippen LogP contribution >= 0.6 is 0 Å². The van der Waals surface area contributed by atoms with Crippen LogP contribution in [0.25, 0.3) is 0 Å². The first kappa shape index (κ1) is 18.5. The molecule has 0 spiro atoms. The summed E-state index contributed by atoms with van der Waals surface area (Å²) in [7, 11) is 0. The first-order valence-corrected chi connectivity index (χ1v) is 7.29. The number of alkyl carbamates (subject to hydrolysis) is 1. The molecule has 0 aliphatic carbocycles.